The van der Waals surface area contributed by atoms with E-state index in [2.05, 4.69) is 11.9 Å². The van der Waals surface area contributed by atoms with Crippen LogP contribution >= 0.6 is 0 Å². The summed E-state index contributed by atoms with van der Waals surface area (Å²) in [5, 5.41) is 2.97. The van der Waals surface area contributed by atoms with E-state index in [-0.39, 0.29) is 17.4 Å². The molecule has 0 radical (unpaired) electrons. The number of carbonyl (C=O) groups is 1. The van der Waals surface area contributed by atoms with Crippen LogP contribution < -0.4 is 5.32 Å². The van der Waals surface area contributed by atoms with Gasteiger partial charge >= 0.3 is 5.97 Å². The highest BCUT2D eigenvalue weighted by Crippen LogP contribution is 2.19. The summed E-state index contributed by atoms with van der Waals surface area (Å²) in [6, 6.07) is -0.257. The maximum Gasteiger partial charge on any atom is 0.323 e. The zero-order chi connectivity index (χ0) is 11.2. The normalized spacial score (nSPS) is 13.4. The molecule has 0 bridgehead atoms. The van der Waals surface area contributed by atoms with E-state index in [0.717, 1.165) is 0 Å². The van der Waals surface area contributed by atoms with Crippen LogP contribution in [0.5, 0.6) is 0 Å². The SMILES string of the molecule is C=CCCOC(=O)C(NC)C(C)(C)C. The molecule has 0 fully saturated rings. The lowest BCUT2D eigenvalue weighted by Crippen LogP contribution is -2.45. The van der Waals surface area contributed by atoms with Crippen molar-refractivity contribution in [3.8, 4) is 0 Å². The molecule has 0 heterocycles. The summed E-state index contributed by atoms with van der Waals surface area (Å²) in [5.74, 6) is -0.193. The number of carbonyl (C=O) groups excluding carboxylic acids is 1. The van der Waals surface area contributed by atoms with Gasteiger partial charge in [-0.05, 0) is 18.9 Å². The lowest BCUT2D eigenvalue weighted by Gasteiger charge is -2.28. The fraction of sp³-hybridized carbons (Fsp3) is 0.727. The van der Waals surface area contributed by atoms with Crippen LogP contribution in [-0.2, 0) is 9.53 Å². The van der Waals surface area contributed by atoms with E-state index in [0.29, 0.717) is 13.0 Å². The second kappa shape index (κ2) is 5.81. The van der Waals surface area contributed by atoms with Gasteiger partial charge in [0.25, 0.3) is 0 Å². The van der Waals surface area contributed by atoms with Gasteiger partial charge in [-0.25, -0.2) is 0 Å². The van der Waals surface area contributed by atoms with E-state index >= 15 is 0 Å². The number of esters is 1. The molecule has 82 valence electrons. The van der Waals surface area contributed by atoms with Crippen molar-refractivity contribution in [1.29, 1.82) is 0 Å². The number of rotatable bonds is 5. The van der Waals surface area contributed by atoms with Gasteiger partial charge in [0, 0.05) is 0 Å². The quantitative estimate of drug-likeness (QED) is 0.416. The fourth-order valence-electron chi connectivity index (χ4n) is 1.23. The van der Waals surface area contributed by atoms with E-state index in [9.17, 15) is 4.79 Å². The Morgan fingerprint density at radius 1 is 1.57 bits per heavy atom. The van der Waals surface area contributed by atoms with Gasteiger partial charge in [0.15, 0.2) is 0 Å². The average Bonchev–Trinajstić information content (AvgIpc) is 2.03. The Morgan fingerprint density at radius 2 is 2.14 bits per heavy atom. The lowest BCUT2D eigenvalue weighted by molar-refractivity contribution is -0.148. The van der Waals surface area contributed by atoms with Gasteiger partial charge in [0.2, 0.25) is 0 Å². The first-order chi connectivity index (χ1) is 6.43. The van der Waals surface area contributed by atoms with Gasteiger partial charge in [-0.15, -0.1) is 6.58 Å². The Labute approximate surface area is 86.5 Å². The fourth-order valence-corrected chi connectivity index (χ4v) is 1.23. The Hall–Kier alpha value is -0.830. The first-order valence-electron chi connectivity index (χ1n) is 4.88. The Balaban J connectivity index is 4.12. The van der Waals surface area contributed by atoms with Crippen molar-refractivity contribution < 1.29 is 9.53 Å². The van der Waals surface area contributed by atoms with Crippen molar-refractivity contribution >= 4 is 5.97 Å². The average molecular weight is 199 g/mol. The zero-order valence-electron chi connectivity index (χ0n) is 9.59. The minimum absolute atomic E-state index is 0.125. The highest BCUT2D eigenvalue weighted by molar-refractivity contribution is 5.76. The second-order valence-corrected chi connectivity index (χ2v) is 4.33. The largest absolute Gasteiger partial charge is 0.464 e. The topological polar surface area (TPSA) is 38.3 Å². The van der Waals surface area contributed by atoms with Gasteiger partial charge in [-0.2, -0.15) is 0 Å². The van der Waals surface area contributed by atoms with Crippen LogP contribution in [0.1, 0.15) is 27.2 Å². The predicted octanol–water partition coefficient (Wildman–Crippen LogP) is 1.74. The molecule has 3 nitrogen and oxygen atoms in total. The van der Waals surface area contributed by atoms with Crippen molar-refractivity contribution in [2.24, 2.45) is 5.41 Å². The van der Waals surface area contributed by atoms with Crippen LogP contribution in [0.2, 0.25) is 0 Å². The van der Waals surface area contributed by atoms with E-state index in [4.69, 9.17) is 4.74 Å². The third-order valence-corrected chi connectivity index (χ3v) is 1.96. The third kappa shape index (κ3) is 4.42. The molecule has 14 heavy (non-hydrogen) atoms. The summed E-state index contributed by atoms with van der Waals surface area (Å²) in [5.41, 5.74) is -0.125. The van der Waals surface area contributed by atoms with Gasteiger partial charge in [0.05, 0.1) is 6.61 Å². The summed E-state index contributed by atoms with van der Waals surface area (Å²) in [6.45, 7) is 9.99. The number of likely N-dealkylation sites (N-methyl/N-ethyl adjacent to an activating group) is 1. The monoisotopic (exact) mass is 199 g/mol. The molecule has 0 aliphatic rings. The molecule has 0 aliphatic carbocycles. The number of hydrogen-bond donors (Lipinski definition) is 1. The highest BCUT2D eigenvalue weighted by Gasteiger charge is 2.30. The smallest absolute Gasteiger partial charge is 0.323 e. The van der Waals surface area contributed by atoms with E-state index in [1.807, 2.05) is 20.8 Å². The molecule has 0 saturated carbocycles. The Kier molecular flexibility index (Phi) is 5.46. The van der Waals surface area contributed by atoms with Crippen LogP contribution in [0.15, 0.2) is 12.7 Å². The van der Waals surface area contributed by atoms with Crippen LogP contribution in [0.25, 0.3) is 0 Å². The van der Waals surface area contributed by atoms with Crippen LogP contribution in [-0.4, -0.2) is 25.7 Å². The predicted molar refractivity (Wildman–Crippen MR) is 58.1 cm³/mol. The third-order valence-electron chi connectivity index (χ3n) is 1.96. The molecule has 0 amide bonds. The van der Waals surface area contributed by atoms with Gasteiger partial charge in [-0.1, -0.05) is 26.8 Å². The van der Waals surface area contributed by atoms with E-state index in [1.165, 1.54) is 0 Å². The highest BCUT2D eigenvalue weighted by atomic mass is 16.5. The minimum atomic E-state index is -0.257. The Bertz CT molecular complexity index is 194. The van der Waals surface area contributed by atoms with Gasteiger partial charge in [-0.3, -0.25) is 4.79 Å². The molecule has 3 heteroatoms. The van der Waals surface area contributed by atoms with Crippen LogP contribution in [0.4, 0.5) is 0 Å². The molecular formula is C11H21NO2. The molecule has 0 aromatic rings. The standard InChI is InChI=1S/C11H21NO2/c1-6-7-8-14-10(13)9(12-5)11(2,3)4/h6,9,12H,1,7-8H2,2-5H3. The van der Waals surface area contributed by atoms with Gasteiger partial charge < -0.3 is 10.1 Å². The number of nitrogens with one attached hydrogen (secondary N) is 1. The second-order valence-electron chi connectivity index (χ2n) is 4.33. The molecule has 0 aromatic heterocycles. The first-order valence-corrected chi connectivity index (χ1v) is 4.88. The van der Waals surface area contributed by atoms with Crippen molar-refractivity contribution in [3.05, 3.63) is 12.7 Å². The van der Waals surface area contributed by atoms with Crippen molar-refractivity contribution in [2.75, 3.05) is 13.7 Å². The molecule has 1 atom stereocenters. The Morgan fingerprint density at radius 3 is 2.50 bits per heavy atom. The van der Waals surface area contributed by atoms with Gasteiger partial charge in [0.1, 0.15) is 6.04 Å². The molecule has 0 aromatic carbocycles. The molecule has 0 aliphatic heterocycles. The van der Waals surface area contributed by atoms with Crippen molar-refractivity contribution in [2.45, 2.75) is 33.2 Å². The molecule has 1 N–H and O–H groups in total. The summed E-state index contributed by atoms with van der Waals surface area (Å²) in [7, 11) is 1.77. The summed E-state index contributed by atoms with van der Waals surface area (Å²) < 4.78 is 5.09. The van der Waals surface area contributed by atoms with Crippen molar-refractivity contribution in [1.82, 2.24) is 5.32 Å². The molecule has 0 saturated heterocycles. The van der Waals surface area contributed by atoms with Crippen LogP contribution in [0, 0.1) is 5.41 Å². The number of ether oxygens (including phenoxy) is 1. The van der Waals surface area contributed by atoms with E-state index < -0.39 is 0 Å². The maximum atomic E-state index is 11.6. The number of hydrogen-bond acceptors (Lipinski definition) is 3. The van der Waals surface area contributed by atoms with E-state index in [1.54, 1.807) is 13.1 Å². The molecule has 0 rings (SSSR count). The molecule has 1 unspecified atom stereocenters. The lowest BCUT2D eigenvalue weighted by atomic mass is 9.87. The molecule has 0 spiro atoms. The van der Waals surface area contributed by atoms with Crippen molar-refractivity contribution in [3.63, 3.8) is 0 Å². The van der Waals surface area contributed by atoms with Crippen LogP contribution in [0.3, 0.4) is 0 Å². The zero-order valence-corrected chi connectivity index (χ0v) is 9.59. The minimum Gasteiger partial charge on any atom is -0.464 e. The summed E-state index contributed by atoms with van der Waals surface area (Å²) >= 11 is 0. The molecular weight excluding hydrogens is 178 g/mol. The summed E-state index contributed by atoms with van der Waals surface area (Å²) in [6.07, 6.45) is 2.44. The first kappa shape index (κ1) is 13.2. The summed E-state index contributed by atoms with van der Waals surface area (Å²) in [4.78, 5) is 11.6. The maximum absolute atomic E-state index is 11.6.